The summed E-state index contributed by atoms with van der Waals surface area (Å²) in [5.74, 6) is 0. The zero-order valence-electron chi connectivity index (χ0n) is 4.31. The van der Waals surface area contributed by atoms with Gasteiger partial charge in [0.1, 0.15) is 0 Å². The topological polar surface area (TPSA) is 37.2 Å². The predicted octanol–water partition coefficient (Wildman–Crippen LogP) is 0.209. The van der Waals surface area contributed by atoms with Crippen LogP contribution in [0.3, 0.4) is 0 Å². The molecule has 0 unspecified atom stereocenters. The van der Waals surface area contributed by atoms with E-state index in [1.807, 2.05) is 0 Å². The van der Waals surface area contributed by atoms with Crippen LogP contribution in [0.25, 0.3) is 5.32 Å². The van der Waals surface area contributed by atoms with Crippen LogP contribution in [0.5, 0.6) is 0 Å². The Balaban J connectivity index is 0. The van der Waals surface area contributed by atoms with Crippen LogP contribution in [0.4, 0.5) is 0 Å². The summed E-state index contributed by atoms with van der Waals surface area (Å²) in [6.45, 7) is 1.66. The molecule has 0 N–H and O–H groups in total. The van der Waals surface area contributed by atoms with Gasteiger partial charge < -0.3 is 10.4 Å². The van der Waals surface area contributed by atoms with E-state index in [0.717, 1.165) is 6.26 Å². The first-order valence-corrected chi connectivity index (χ1v) is 1.70. The molecular weight excluding hydrogens is 133 g/mol. The van der Waals surface area contributed by atoms with Gasteiger partial charge in [-0.25, -0.2) is 0 Å². The molecule has 7 heavy (non-hydrogen) atoms. The molecule has 0 aromatic carbocycles. The van der Waals surface area contributed by atoms with Gasteiger partial charge in [0.05, 0.1) is 0 Å². The average Bonchev–Trinajstić information content (AvgIpc) is 1.65. The molecule has 0 aliphatic rings. The van der Waals surface area contributed by atoms with E-state index in [9.17, 15) is 5.11 Å². The van der Waals surface area contributed by atoms with E-state index in [4.69, 9.17) is 0 Å². The van der Waals surface area contributed by atoms with Gasteiger partial charge in [0, 0.05) is 17.1 Å². The minimum Gasteiger partial charge on any atom is -0.879 e. The number of rotatable bonds is 1. The molecule has 2 nitrogen and oxygen atoms in total. The minimum absolute atomic E-state index is 0. The summed E-state index contributed by atoms with van der Waals surface area (Å²) < 4.78 is 0. The summed E-state index contributed by atoms with van der Waals surface area (Å²) >= 11 is 0. The molecule has 0 amide bonds. The third-order valence-electron chi connectivity index (χ3n) is 0.523. The van der Waals surface area contributed by atoms with Crippen LogP contribution < -0.4 is 5.11 Å². The summed E-state index contributed by atoms with van der Waals surface area (Å²) in [7, 11) is 1.59. The summed E-state index contributed by atoms with van der Waals surface area (Å²) in [5.41, 5.74) is 0.537. The maximum absolute atomic E-state index is 9.61. The van der Waals surface area contributed by atoms with E-state index in [2.05, 4.69) is 5.32 Å². The molecule has 0 aliphatic heterocycles. The van der Waals surface area contributed by atoms with Crippen molar-refractivity contribution in [2.45, 2.75) is 6.92 Å². The maximum Gasteiger partial charge on any atom is 0 e. The fourth-order valence-electron chi connectivity index (χ4n) is 0.0527. The summed E-state index contributed by atoms with van der Waals surface area (Å²) in [6, 6.07) is 0. The largest absolute Gasteiger partial charge is 0.879 e. The molecule has 3 heteroatoms. The molecule has 1 radical (unpaired) electrons. The molecule has 0 fully saturated rings. The van der Waals surface area contributed by atoms with Crippen molar-refractivity contribution in [2.75, 3.05) is 7.05 Å². The Bertz CT molecular complexity index is 62.7. The van der Waals surface area contributed by atoms with Gasteiger partial charge in [0.15, 0.2) is 0 Å². The monoisotopic (exact) mass is 140 g/mol. The van der Waals surface area contributed by atoms with Crippen molar-refractivity contribution in [2.24, 2.45) is 0 Å². The van der Waals surface area contributed by atoms with Gasteiger partial charge in [-0.15, -0.1) is 7.05 Å². The standard InChI is InChI=1S/C4H8NO.Mn/c1-4(3-6)5-2;/h3,6H,1-2H3;/q-1;/p-1/b4-3-;. The minimum atomic E-state index is 0. The summed E-state index contributed by atoms with van der Waals surface area (Å²) in [5, 5.41) is 13.2. The van der Waals surface area contributed by atoms with Crippen molar-refractivity contribution in [1.82, 2.24) is 0 Å². The van der Waals surface area contributed by atoms with Gasteiger partial charge in [0.2, 0.25) is 0 Å². The Kier molecular flexibility index (Phi) is 8.35. The summed E-state index contributed by atoms with van der Waals surface area (Å²) in [6.07, 6.45) is 0.722. The molecule has 0 bridgehead atoms. The Hall–Kier alpha value is -0.141. The van der Waals surface area contributed by atoms with Gasteiger partial charge in [-0.2, -0.15) is 12.0 Å². The second-order valence-electron chi connectivity index (χ2n) is 0.983. The van der Waals surface area contributed by atoms with Crippen molar-refractivity contribution in [1.29, 1.82) is 0 Å². The molecule has 0 heterocycles. The Morgan fingerprint density at radius 2 is 2.14 bits per heavy atom. The number of allylic oxidation sites excluding steroid dienone is 1. The molecule has 0 atom stereocenters. The molecule has 0 aromatic rings. The SMILES string of the molecule is C[N-]/C(C)=C\[O-].[Mn]. The van der Waals surface area contributed by atoms with Gasteiger partial charge in [-0.1, -0.05) is 6.92 Å². The smallest absolute Gasteiger partial charge is 0 e. The van der Waals surface area contributed by atoms with Crippen LogP contribution in [0.1, 0.15) is 6.92 Å². The molecule has 43 valence electrons. The van der Waals surface area contributed by atoms with Gasteiger partial charge in [0.25, 0.3) is 0 Å². The first-order valence-electron chi connectivity index (χ1n) is 1.70. The van der Waals surface area contributed by atoms with Crippen molar-refractivity contribution < 1.29 is 22.2 Å². The van der Waals surface area contributed by atoms with Gasteiger partial charge in [-0.05, 0) is 0 Å². The first-order chi connectivity index (χ1) is 2.81. The molecule has 0 rings (SSSR count). The van der Waals surface area contributed by atoms with Crippen molar-refractivity contribution in [3.63, 3.8) is 0 Å². The normalized spacial score (nSPS) is 9.71. The van der Waals surface area contributed by atoms with Gasteiger partial charge in [-0.3, -0.25) is 0 Å². The Labute approximate surface area is 54.1 Å². The third kappa shape index (κ3) is 5.86. The van der Waals surface area contributed by atoms with Crippen LogP contribution in [0, 0.1) is 0 Å². The Morgan fingerprint density at radius 3 is 2.14 bits per heavy atom. The second kappa shape index (κ2) is 5.86. The predicted molar refractivity (Wildman–Crippen MR) is 23.0 cm³/mol. The van der Waals surface area contributed by atoms with E-state index < -0.39 is 0 Å². The zero-order chi connectivity index (χ0) is 4.99. The van der Waals surface area contributed by atoms with Crippen molar-refractivity contribution >= 4 is 0 Å². The number of hydrogen-bond acceptors (Lipinski definition) is 1. The maximum atomic E-state index is 9.61. The summed E-state index contributed by atoms with van der Waals surface area (Å²) in [4.78, 5) is 0. The number of hydrogen-bond donors (Lipinski definition) is 0. The molecular formula is C4H7MnNO-2. The van der Waals surface area contributed by atoms with E-state index in [-0.39, 0.29) is 17.1 Å². The Morgan fingerprint density at radius 1 is 1.71 bits per heavy atom. The molecule has 0 aliphatic carbocycles. The number of nitrogens with zero attached hydrogens (tertiary/aromatic N) is 1. The fourth-order valence-corrected chi connectivity index (χ4v) is 0.0527. The fraction of sp³-hybridized carbons (Fsp3) is 0.500. The second-order valence-corrected chi connectivity index (χ2v) is 0.983. The molecule has 0 aromatic heterocycles. The van der Waals surface area contributed by atoms with Crippen LogP contribution in [-0.4, -0.2) is 7.05 Å². The zero-order valence-corrected chi connectivity index (χ0v) is 5.49. The van der Waals surface area contributed by atoms with Gasteiger partial charge >= 0.3 is 0 Å². The first kappa shape index (κ1) is 9.97. The van der Waals surface area contributed by atoms with E-state index in [1.165, 1.54) is 0 Å². The average molecular weight is 140 g/mol. The third-order valence-corrected chi connectivity index (χ3v) is 0.523. The van der Waals surface area contributed by atoms with Crippen LogP contribution in [0.15, 0.2) is 12.0 Å². The van der Waals surface area contributed by atoms with Crippen LogP contribution >= 0.6 is 0 Å². The van der Waals surface area contributed by atoms with E-state index in [0.29, 0.717) is 5.70 Å². The van der Waals surface area contributed by atoms with Crippen molar-refractivity contribution in [3.05, 3.63) is 17.3 Å². The molecule has 0 spiro atoms. The quantitative estimate of drug-likeness (QED) is 0.379. The van der Waals surface area contributed by atoms with E-state index >= 15 is 0 Å². The van der Waals surface area contributed by atoms with Crippen LogP contribution in [-0.2, 0) is 17.1 Å². The van der Waals surface area contributed by atoms with E-state index in [1.54, 1.807) is 14.0 Å². The van der Waals surface area contributed by atoms with Crippen molar-refractivity contribution in [3.8, 4) is 0 Å². The molecule has 0 saturated heterocycles. The molecule has 0 saturated carbocycles. The van der Waals surface area contributed by atoms with Crippen LogP contribution in [0.2, 0.25) is 0 Å².